The van der Waals surface area contributed by atoms with Crippen molar-refractivity contribution in [2.45, 2.75) is 58.0 Å². The topological polar surface area (TPSA) is 30.5 Å². The maximum atomic E-state index is 5.89. The van der Waals surface area contributed by atoms with Crippen LogP contribution in [0.4, 0.5) is 0 Å². The first-order chi connectivity index (χ1) is 9.78. The van der Waals surface area contributed by atoms with Crippen LogP contribution >= 0.6 is 0 Å². The lowest BCUT2D eigenvalue weighted by molar-refractivity contribution is 0.219. The van der Waals surface area contributed by atoms with Crippen molar-refractivity contribution in [2.75, 3.05) is 13.7 Å². The highest BCUT2D eigenvalue weighted by Gasteiger charge is 2.24. The minimum absolute atomic E-state index is 0.389. The molecule has 2 atom stereocenters. The number of hydrogen-bond donors (Lipinski definition) is 1. The Labute approximate surface area is 122 Å². The van der Waals surface area contributed by atoms with Gasteiger partial charge in [0.2, 0.25) is 0 Å². The summed E-state index contributed by atoms with van der Waals surface area (Å²) in [6.45, 7) is 5.26. The molecule has 1 heterocycles. The van der Waals surface area contributed by atoms with Gasteiger partial charge < -0.3 is 14.8 Å². The molecule has 1 aromatic carbocycles. The summed E-state index contributed by atoms with van der Waals surface area (Å²) >= 11 is 0. The van der Waals surface area contributed by atoms with E-state index in [2.05, 4.69) is 19.2 Å². The van der Waals surface area contributed by atoms with Crippen molar-refractivity contribution in [1.82, 2.24) is 5.32 Å². The Morgan fingerprint density at radius 2 is 2.25 bits per heavy atom. The van der Waals surface area contributed by atoms with Crippen LogP contribution in [0.3, 0.4) is 0 Å². The zero-order chi connectivity index (χ0) is 14.4. The molecule has 1 N–H and O–H groups in total. The molecule has 0 aromatic heterocycles. The lowest BCUT2D eigenvalue weighted by atomic mass is 9.99. The quantitative estimate of drug-likeness (QED) is 0.826. The average molecular weight is 277 g/mol. The van der Waals surface area contributed by atoms with Crippen molar-refractivity contribution in [3.63, 3.8) is 0 Å². The Morgan fingerprint density at radius 1 is 1.40 bits per heavy atom. The highest BCUT2D eigenvalue weighted by atomic mass is 16.5. The van der Waals surface area contributed by atoms with E-state index in [1.54, 1.807) is 7.11 Å². The molecule has 2 rings (SSSR count). The zero-order valence-corrected chi connectivity index (χ0v) is 12.9. The van der Waals surface area contributed by atoms with Gasteiger partial charge in [-0.2, -0.15) is 0 Å². The molecule has 0 radical (unpaired) electrons. The van der Waals surface area contributed by atoms with Crippen molar-refractivity contribution >= 4 is 0 Å². The van der Waals surface area contributed by atoms with Gasteiger partial charge in [0.15, 0.2) is 0 Å². The molecule has 1 aromatic rings. The van der Waals surface area contributed by atoms with Crippen LogP contribution in [0.2, 0.25) is 0 Å². The van der Waals surface area contributed by atoms with Crippen LogP contribution in [0.15, 0.2) is 18.2 Å². The molecular weight excluding hydrogens is 250 g/mol. The standard InChI is InChI=1S/C17H27NO2/c1-4-6-8-13(5-2)18-14-11-15-16(19-3)9-7-10-17(15)20-12-14/h7,9-10,13-14,18H,4-6,8,11-12H2,1-3H3. The molecule has 1 aliphatic heterocycles. The summed E-state index contributed by atoms with van der Waals surface area (Å²) < 4.78 is 11.3. The second kappa shape index (κ2) is 7.53. The van der Waals surface area contributed by atoms with Crippen LogP contribution in [0.25, 0.3) is 0 Å². The van der Waals surface area contributed by atoms with Crippen molar-refractivity contribution in [3.8, 4) is 11.5 Å². The Hall–Kier alpha value is -1.22. The van der Waals surface area contributed by atoms with Crippen LogP contribution in [0.5, 0.6) is 11.5 Å². The Kier molecular flexibility index (Phi) is 5.72. The molecule has 0 bridgehead atoms. The van der Waals surface area contributed by atoms with E-state index < -0.39 is 0 Å². The molecule has 0 spiro atoms. The molecular formula is C17H27NO2. The van der Waals surface area contributed by atoms with E-state index in [9.17, 15) is 0 Å². The SMILES string of the molecule is CCCCC(CC)NC1COc2cccc(OC)c2C1. The summed E-state index contributed by atoms with van der Waals surface area (Å²) in [5.41, 5.74) is 1.20. The number of unbranched alkanes of at least 4 members (excludes halogenated alkanes) is 1. The van der Waals surface area contributed by atoms with Crippen LogP contribution in [0.1, 0.15) is 45.1 Å². The lowest BCUT2D eigenvalue weighted by Crippen LogP contribution is -2.44. The van der Waals surface area contributed by atoms with Gasteiger partial charge in [0, 0.05) is 17.6 Å². The Morgan fingerprint density at radius 3 is 2.95 bits per heavy atom. The summed E-state index contributed by atoms with van der Waals surface area (Å²) in [6.07, 6.45) is 5.97. The fourth-order valence-corrected chi connectivity index (χ4v) is 2.87. The van der Waals surface area contributed by atoms with E-state index in [1.165, 1.54) is 31.2 Å². The first-order valence-corrected chi connectivity index (χ1v) is 7.83. The minimum atomic E-state index is 0.389. The molecule has 0 fully saturated rings. The molecule has 0 saturated heterocycles. The third-order valence-electron chi connectivity index (χ3n) is 4.07. The minimum Gasteiger partial charge on any atom is -0.496 e. The highest BCUT2D eigenvalue weighted by molar-refractivity contribution is 5.46. The molecule has 1 aliphatic rings. The molecule has 112 valence electrons. The van der Waals surface area contributed by atoms with Gasteiger partial charge in [-0.05, 0) is 31.4 Å². The largest absolute Gasteiger partial charge is 0.496 e. The molecule has 0 saturated carbocycles. The summed E-state index contributed by atoms with van der Waals surface area (Å²) in [6, 6.07) is 7.02. The number of ether oxygens (including phenoxy) is 2. The van der Waals surface area contributed by atoms with Crippen molar-refractivity contribution in [3.05, 3.63) is 23.8 Å². The monoisotopic (exact) mass is 277 g/mol. The third kappa shape index (κ3) is 3.66. The van der Waals surface area contributed by atoms with E-state index in [1.807, 2.05) is 18.2 Å². The van der Waals surface area contributed by atoms with Crippen LogP contribution in [0, 0.1) is 0 Å². The number of fused-ring (bicyclic) bond motifs is 1. The summed E-state index contributed by atoms with van der Waals surface area (Å²) in [4.78, 5) is 0. The smallest absolute Gasteiger partial charge is 0.126 e. The van der Waals surface area contributed by atoms with E-state index in [0.29, 0.717) is 12.1 Å². The normalized spacial score (nSPS) is 19.1. The molecule has 2 unspecified atom stereocenters. The summed E-state index contributed by atoms with van der Waals surface area (Å²) in [5, 5.41) is 3.75. The Bertz CT molecular complexity index is 405. The van der Waals surface area contributed by atoms with Gasteiger partial charge in [0.05, 0.1) is 7.11 Å². The number of methoxy groups -OCH3 is 1. The predicted octanol–water partition coefficient (Wildman–Crippen LogP) is 3.56. The maximum Gasteiger partial charge on any atom is 0.126 e. The van der Waals surface area contributed by atoms with Crippen LogP contribution in [-0.2, 0) is 6.42 Å². The molecule has 0 aliphatic carbocycles. The van der Waals surface area contributed by atoms with E-state index in [4.69, 9.17) is 9.47 Å². The third-order valence-corrected chi connectivity index (χ3v) is 4.07. The van der Waals surface area contributed by atoms with Gasteiger partial charge in [-0.25, -0.2) is 0 Å². The number of rotatable bonds is 7. The summed E-state index contributed by atoms with van der Waals surface area (Å²) in [5.74, 6) is 1.92. The van der Waals surface area contributed by atoms with Gasteiger partial charge in [-0.3, -0.25) is 0 Å². The molecule has 20 heavy (non-hydrogen) atoms. The Balaban J connectivity index is 1.99. The first-order valence-electron chi connectivity index (χ1n) is 7.83. The second-order valence-electron chi connectivity index (χ2n) is 5.56. The van der Waals surface area contributed by atoms with Gasteiger partial charge in [0.25, 0.3) is 0 Å². The number of benzene rings is 1. The van der Waals surface area contributed by atoms with Gasteiger partial charge in [-0.1, -0.05) is 32.8 Å². The highest BCUT2D eigenvalue weighted by Crippen LogP contribution is 2.32. The van der Waals surface area contributed by atoms with Gasteiger partial charge in [-0.15, -0.1) is 0 Å². The van der Waals surface area contributed by atoms with Crippen molar-refractivity contribution < 1.29 is 9.47 Å². The summed E-state index contributed by atoms with van der Waals surface area (Å²) in [7, 11) is 1.72. The number of hydrogen-bond acceptors (Lipinski definition) is 3. The first kappa shape index (κ1) is 15.2. The zero-order valence-electron chi connectivity index (χ0n) is 12.9. The predicted molar refractivity (Wildman–Crippen MR) is 82.7 cm³/mol. The van der Waals surface area contributed by atoms with E-state index in [0.717, 1.165) is 24.5 Å². The molecule has 3 nitrogen and oxygen atoms in total. The van der Waals surface area contributed by atoms with E-state index >= 15 is 0 Å². The van der Waals surface area contributed by atoms with Crippen molar-refractivity contribution in [1.29, 1.82) is 0 Å². The second-order valence-corrected chi connectivity index (χ2v) is 5.56. The van der Waals surface area contributed by atoms with Gasteiger partial charge >= 0.3 is 0 Å². The van der Waals surface area contributed by atoms with Gasteiger partial charge in [0.1, 0.15) is 18.1 Å². The number of nitrogens with one attached hydrogen (secondary N) is 1. The van der Waals surface area contributed by atoms with Crippen LogP contribution < -0.4 is 14.8 Å². The molecule has 0 amide bonds. The fourth-order valence-electron chi connectivity index (χ4n) is 2.87. The van der Waals surface area contributed by atoms with E-state index in [-0.39, 0.29) is 0 Å². The van der Waals surface area contributed by atoms with Crippen molar-refractivity contribution in [2.24, 2.45) is 0 Å². The average Bonchev–Trinajstić information content (AvgIpc) is 2.50. The lowest BCUT2D eigenvalue weighted by Gasteiger charge is -2.30. The molecule has 3 heteroatoms. The fraction of sp³-hybridized carbons (Fsp3) is 0.647. The van der Waals surface area contributed by atoms with Crippen LogP contribution in [-0.4, -0.2) is 25.8 Å². The maximum absolute atomic E-state index is 5.89.